The number of para-hydroxylation sites is 1. The van der Waals surface area contributed by atoms with Gasteiger partial charge in [0.2, 0.25) is 0 Å². The number of rotatable bonds is 3. The summed E-state index contributed by atoms with van der Waals surface area (Å²) in [6, 6.07) is 12.4. The van der Waals surface area contributed by atoms with Crippen molar-refractivity contribution in [2.24, 2.45) is 0 Å². The van der Waals surface area contributed by atoms with Crippen LogP contribution in [0.4, 0.5) is 0 Å². The Balaban J connectivity index is 2.39. The van der Waals surface area contributed by atoms with Gasteiger partial charge in [-0.1, -0.05) is 29.8 Å². The van der Waals surface area contributed by atoms with Crippen LogP contribution in [0.3, 0.4) is 0 Å². The van der Waals surface area contributed by atoms with Crippen LogP contribution in [-0.4, -0.2) is 17.1 Å². The molecule has 0 spiro atoms. The minimum atomic E-state index is -0.466. The zero-order chi connectivity index (χ0) is 17.3. The number of hydrogen-bond acceptors (Lipinski definition) is 3. The van der Waals surface area contributed by atoms with Crippen molar-refractivity contribution in [1.29, 1.82) is 0 Å². The summed E-state index contributed by atoms with van der Waals surface area (Å²) in [5.74, 6) is -0.466. The van der Waals surface area contributed by atoms with E-state index >= 15 is 0 Å². The summed E-state index contributed by atoms with van der Waals surface area (Å²) in [6.45, 7) is 3.82. The minimum absolute atomic E-state index is 0.241. The fourth-order valence-corrected chi connectivity index (χ4v) is 3.05. The molecule has 24 heavy (non-hydrogen) atoms. The first-order chi connectivity index (χ1) is 11.5. The SMILES string of the molecule is CCOC(=O)c1c2cc(=O)cc(Cl)c-2cn(-c2ccccc2)c1C. The summed E-state index contributed by atoms with van der Waals surface area (Å²) in [4.78, 5) is 24.4. The molecule has 1 heterocycles. The average molecular weight is 342 g/mol. The molecular formula is C19H16ClNO3. The number of pyridine rings is 1. The number of benzene rings is 2. The maximum Gasteiger partial charge on any atom is 0.340 e. The largest absolute Gasteiger partial charge is 0.462 e. The Morgan fingerprint density at radius 3 is 2.54 bits per heavy atom. The lowest BCUT2D eigenvalue weighted by Gasteiger charge is -2.21. The molecule has 1 aliphatic heterocycles. The van der Waals surface area contributed by atoms with Crippen LogP contribution in [0.25, 0.3) is 16.8 Å². The third kappa shape index (κ3) is 2.81. The Hall–Kier alpha value is -2.59. The van der Waals surface area contributed by atoms with Crippen LogP contribution >= 0.6 is 11.6 Å². The van der Waals surface area contributed by atoms with Gasteiger partial charge in [0.25, 0.3) is 0 Å². The minimum Gasteiger partial charge on any atom is -0.462 e. The van der Waals surface area contributed by atoms with Crippen molar-refractivity contribution in [3.8, 4) is 16.8 Å². The number of carbonyl (C=O) groups is 1. The Kier molecular flexibility index (Phi) is 4.40. The van der Waals surface area contributed by atoms with Gasteiger partial charge in [-0.3, -0.25) is 4.79 Å². The highest BCUT2D eigenvalue weighted by Crippen LogP contribution is 2.34. The average Bonchev–Trinajstić information content (AvgIpc) is 2.55. The molecule has 122 valence electrons. The van der Waals surface area contributed by atoms with Crippen LogP contribution in [0.2, 0.25) is 5.02 Å². The van der Waals surface area contributed by atoms with Gasteiger partial charge in [-0.15, -0.1) is 0 Å². The van der Waals surface area contributed by atoms with Crippen LogP contribution < -0.4 is 5.43 Å². The maximum atomic E-state index is 12.5. The highest BCUT2D eigenvalue weighted by Gasteiger charge is 2.23. The van der Waals surface area contributed by atoms with Gasteiger partial charge in [0.05, 0.1) is 17.2 Å². The summed E-state index contributed by atoms with van der Waals surface area (Å²) in [7, 11) is 0. The van der Waals surface area contributed by atoms with Gasteiger partial charge in [-0.2, -0.15) is 0 Å². The number of nitrogens with zero attached hydrogens (tertiary/aromatic N) is 1. The van der Waals surface area contributed by atoms with Crippen LogP contribution in [-0.2, 0) is 4.74 Å². The van der Waals surface area contributed by atoms with Gasteiger partial charge in [0.1, 0.15) is 0 Å². The van der Waals surface area contributed by atoms with E-state index in [-0.39, 0.29) is 12.0 Å². The Morgan fingerprint density at radius 1 is 1.17 bits per heavy atom. The fraction of sp³-hybridized carbons (Fsp3) is 0.158. The first-order valence-electron chi connectivity index (χ1n) is 7.61. The predicted octanol–water partition coefficient (Wildman–Crippen LogP) is 4.08. The van der Waals surface area contributed by atoms with E-state index in [1.807, 2.05) is 48.0 Å². The molecule has 0 unspecified atom stereocenters. The summed E-state index contributed by atoms with van der Waals surface area (Å²) in [5, 5.41) is 0.313. The van der Waals surface area contributed by atoms with Gasteiger partial charge in [0.15, 0.2) is 5.43 Å². The van der Waals surface area contributed by atoms with Gasteiger partial charge < -0.3 is 9.30 Å². The molecule has 0 aromatic heterocycles. The summed E-state index contributed by atoms with van der Waals surface area (Å²) in [6.07, 6.45) is 1.84. The molecule has 0 saturated carbocycles. The molecule has 0 N–H and O–H groups in total. The van der Waals surface area contributed by atoms with Crippen molar-refractivity contribution < 1.29 is 9.53 Å². The van der Waals surface area contributed by atoms with Gasteiger partial charge in [-0.25, -0.2) is 4.79 Å². The van der Waals surface area contributed by atoms with Crippen molar-refractivity contribution in [2.75, 3.05) is 6.61 Å². The molecule has 5 heteroatoms. The number of carbonyl (C=O) groups excluding carboxylic acids is 1. The Labute approximate surface area is 144 Å². The number of fused-ring (bicyclic) bond motifs is 1. The summed E-state index contributed by atoms with van der Waals surface area (Å²) in [5.41, 5.74) is 2.84. The first-order valence-corrected chi connectivity index (χ1v) is 7.98. The van der Waals surface area contributed by atoms with Crippen molar-refractivity contribution in [1.82, 2.24) is 4.57 Å². The summed E-state index contributed by atoms with van der Waals surface area (Å²) >= 11 is 6.26. The lowest BCUT2D eigenvalue weighted by Crippen LogP contribution is -2.16. The third-order valence-corrected chi connectivity index (χ3v) is 4.18. The van der Waals surface area contributed by atoms with Crippen LogP contribution in [0.5, 0.6) is 0 Å². The topological polar surface area (TPSA) is 48.3 Å². The molecule has 4 nitrogen and oxygen atoms in total. The molecule has 2 aliphatic rings. The first kappa shape index (κ1) is 16.3. The Morgan fingerprint density at radius 2 is 1.88 bits per heavy atom. The molecule has 0 bridgehead atoms. The van der Waals surface area contributed by atoms with E-state index in [4.69, 9.17) is 16.3 Å². The van der Waals surface area contributed by atoms with Crippen LogP contribution in [0.15, 0.2) is 53.5 Å². The number of hydrogen-bond donors (Lipinski definition) is 0. The highest BCUT2D eigenvalue weighted by atomic mass is 35.5. The lowest BCUT2D eigenvalue weighted by atomic mass is 9.97. The van der Waals surface area contributed by atoms with Crippen molar-refractivity contribution in [3.05, 3.63) is 75.2 Å². The van der Waals surface area contributed by atoms with E-state index in [1.54, 1.807) is 6.92 Å². The zero-order valence-corrected chi connectivity index (χ0v) is 14.1. The zero-order valence-electron chi connectivity index (χ0n) is 13.4. The molecule has 1 aromatic carbocycles. The monoisotopic (exact) mass is 341 g/mol. The summed E-state index contributed by atoms with van der Waals surface area (Å²) < 4.78 is 7.07. The van der Waals surface area contributed by atoms with Crippen molar-refractivity contribution >= 4 is 17.6 Å². The smallest absolute Gasteiger partial charge is 0.340 e. The molecule has 1 aromatic rings. The molecule has 3 rings (SSSR count). The number of esters is 1. The number of aromatic nitrogens is 1. The van der Waals surface area contributed by atoms with E-state index in [0.29, 0.717) is 27.4 Å². The van der Waals surface area contributed by atoms with Crippen molar-refractivity contribution in [3.63, 3.8) is 0 Å². The van der Waals surface area contributed by atoms with Crippen molar-refractivity contribution in [2.45, 2.75) is 13.8 Å². The molecular weight excluding hydrogens is 326 g/mol. The van der Waals surface area contributed by atoms with Crippen LogP contribution in [0, 0.1) is 6.92 Å². The molecule has 1 aliphatic carbocycles. The molecule has 0 saturated heterocycles. The normalized spacial score (nSPS) is 10.8. The van der Waals surface area contributed by atoms with Crippen LogP contribution in [0.1, 0.15) is 23.0 Å². The highest BCUT2D eigenvalue weighted by molar-refractivity contribution is 6.33. The van der Waals surface area contributed by atoms with Gasteiger partial charge in [-0.05, 0) is 32.0 Å². The second kappa shape index (κ2) is 6.49. The van der Waals surface area contributed by atoms with Gasteiger partial charge >= 0.3 is 5.97 Å². The molecule has 0 radical (unpaired) electrons. The fourth-order valence-electron chi connectivity index (χ4n) is 2.79. The number of halogens is 1. The Bertz CT molecular complexity index is 931. The third-order valence-electron chi connectivity index (χ3n) is 3.87. The van der Waals surface area contributed by atoms with E-state index < -0.39 is 5.97 Å². The maximum absolute atomic E-state index is 12.5. The van der Waals surface area contributed by atoms with E-state index in [9.17, 15) is 9.59 Å². The quantitative estimate of drug-likeness (QED) is 0.674. The predicted molar refractivity (Wildman–Crippen MR) is 94.4 cm³/mol. The molecule has 0 fully saturated rings. The molecule has 0 atom stereocenters. The number of ether oxygens (including phenoxy) is 1. The molecule has 0 amide bonds. The van der Waals surface area contributed by atoms with Gasteiger partial charge in [0, 0.05) is 34.8 Å². The van der Waals surface area contributed by atoms with E-state index in [1.165, 1.54) is 12.1 Å². The standard InChI is InChI=1S/C19H16ClNO3/c1-3-24-19(23)18-12(2)21(13-7-5-4-6-8-13)11-16-15(18)9-14(22)10-17(16)20/h4-11H,3H2,1-2H3. The second-order valence-electron chi connectivity index (χ2n) is 5.38. The van der Waals surface area contributed by atoms with E-state index in [0.717, 1.165) is 5.69 Å². The lowest BCUT2D eigenvalue weighted by molar-refractivity contribution is 0.0525. The second-order valence-corrected chi connectivity index (χ2v) is 5.79. The van der Waals surface area contributed by atoms with E-state index in [2.05, 4.69) is 0 Å².